The minimum Gasteiger partial charge on any atom is -0.384 e. The molecule has 0 bridgehead atoms. The first-order chi connectivity index (χ1) is 10.6. The summed E-state index contributed by atoms with van der Waals surface area (Å²) in [5.74, 6) is -0.162. The van der Waals surface area contributed by atoms with Gasteiger partial charge in [-0.1, -0.05) is 42.5 Å². The van der Waals surface area contributed by atoms with Gasteiger partial charge in [-0.15, -0.1) is 0 Å². The van der Waals surface area contributed by atoms with Gasteiger partial charge >= 0.3 is 0 Å². The topological polar surface area (TPSA) is 43.8 Å². The summed E-state index contributed by atoms with van der Waals surface area (Å²) in [5.41, 5.74) is 1.33. The zero-order valence-electron chi connectivity index (χ0n) is 12.9. The number of piperazine rings is 1. The van der Waals surface area contributed by atoms with E-state index in [-0.39, 0.29) is 5.91 Å². The first kappa shape index (κ1) is 15.0. The Morgan fingerprint density at radius 2 is 1.77 bits per heavy atom. The van der Waals surface area contributed by atoms with Crippen LogP contribution in [0.25, 0.3) is 10.8 Å². The van der Waals surface area contributed by atoms with Crippen LogP contribution in [0.15, 0.2) is 42.5 Å². The summed E-state index contributed by atoms with van der Waals surface area (Å²) in [7, 11) is 0. The van der Waals surface area contributed by atoms with Crippen LogP contribution in [0.1, 0.15) is 12.5 Å². The third-order valence-electron chi connectivity index (χ3n) is 4.32. The van der Waals surface area contributed by atoms with E-state index in [1.54, 1.807) is 4.90 Å². The Morgan fingerprint density at radius 3 is 2.50 bits per heavy atom. The average Bonchev–Trinajstić information content (AvgIpc) is 2.55. The number of benzene rings is 2. The maximum absolute atomic E-state index is 11.8. The maximum Gasteiger partial charge on any atom is 0.251 e. The Morgan fingerprint density at radius 1 is 1.09 bits per heavy atom. The number of carbonyl (C=O) groups is 1. The molecule has 1 aliphatic heterocycles. The molecular weight excluding hydrogens is 276 g/mol. The lowest BCUT2D eigenvalue weighted by Crippen LogP contribution is -2.50. The fourth-order valence-electron chi connectivity index (χ4n) is 3.06. The molecule has 3 rings (SSSR count). The molecule has 1 N–H and O–H groups in total. The highest BCUT2D eigenvalue weighted by atomic mass is 16.3. The standard InChI is InChI=1S/C18H22N2O2/c1-14(21)18(22)20-11-9-19(10-12-20)13-16-7-4-6-15-5-2-3-8-17(15)16/h2-8,14,21H,9-13H2,1H3. The summed E-state index contributed by atoms with van der Waals surface area (Å²) in [6.07, 6.45) is -0.899. The molecule has 0 saturated carbocycles. The lowest BCUT2D eigenvalue weighted by atomic mass is 10.0. The van der Waals surface area contributed by atoms with Gasteiger partial charge in [0.2, 0.25) is 0 Å². The summed E-state index contributed by atoms with van der Waals surface area (Å²) in [6, 6.07) is 14.9. The van der Waals surface area contributed by atoms with E-state index in [0.717, 1.165) is 19.6 Å². The Balaban J connectivity index is 1.66. The lowest BCUT2D eigenvalue weighted by molar-refractivity contribution is -0.141. The predicted octanol–water partition coefficient (Wildman–Crippen LogP) is 1.86. The molecule has 0 aliphatic carbocycles. The minimum absolute atomic E-state index is 0.162. The van der Waals surface area contributed by atoms with E-state index >= 15 is 0 Å². The Bertz CT molecular complexity index is 656. The van der Waals surface area contributed by atoms with Crippen LogP contribution < -0.4 is 0 Å². The molecule has 1 saturated heterocycles. The third-order valence-corrected chi connectivity index (χ3v) is 4.32. The second-order valence-corrected chi connectivity index (χ2v) is 5.92. The van der Waals surface area contributed by atoms with Crippen molar-refractivity contribution in [3.63, 3.8) is 0 Å². The van der Waals surface area contributed by atoms with E-state index in [1.165, 1.54) is 23.3 Å². The summed E-state index contributed by atoms with van der Waals surface area (Å²) in [4.78, 5) is 15.9. The second kappa shape index (κ2) is 6.46. The minimum atomic E-state index is -0.899. The van der Waals surface area contributed by atoms with Crippen LogP contribution in [0.4, 0.5) is 0 Å². The number of carbonyl (C=O) groups excluding carboxylic acids is 1. The Kier molecular flexibility index (Phi) is 4.41. The van der Waals surface area contributed by atoms with E-state index in [4.69, 9.17) is 0 Å². The molecule has 0 spiro atoms. The smallest absolute Gasteiger partial charge is 0.251 e. The highest BCUT2D eigenvalue weighted by Gasteiger charge is 2.23. The number of hydrogen-bond acceptors (Lipinski definition) is 3. The highest BCUT2D eigenvalue weighted by Crippen LogP contribution is 2.20. The molecule has 0 radical (unpaired) electrons. The number of amides is 1. The molecular formula is C18H22N2O2. The molecule has 2 aromatic carbocycles. The van der Waals surface area contributed by atoms with E-state index in [0.29, 0.717) is 13.1 Å². The van der Waals surface area contributed by atoms with Crippen LogP contribution in [0.2, 0.25) is 0 Å². The summed E-state index contributed by atoms with van der Waals surface area (Å²) in [5, 5.41) is 12.0. The molecule has 4 nitrogen and oxygen atoms in total. The van der Waals surface area contributed by atoms with Gasteiger partial charge in [0, 0.05) is 32.7 Å². The molecule has 1 fully saturated rings. The molecule has 1 amide bonds. The number of aliphatic hydroxyl groups is 1. The van der Waals surface area contributed by atoms with Crippen molar-refractivity contribution in [2.24, 2.45) is 0 Å². The van der Waals surface area contributed by atoms with Crippen LogP contribution in [0.3, 0.4) is 0 Å². The average molecular weight is 298 g/mol. The summed E-state index contributed by atoms with van der Waals surface area (Å²) >= 11 is 0. The van der Waals surface area contributed by atoms with E-state index in [1.807, 2.05) is 0 Å². The van der Waals surface area contributed by atoms with Crippen molar-refractivity contribution >= 4 is 16.7 Å². The SMILES string of the molecule is CC(O)C(=O)N1CCN(Cc2cccc3ccccc23)CC1. The van der Waals surface area contributed by atoms with Crippen LogP contribution in [-0.4, -0.2) is 53.1 Å². The fourth-order valence-corrected chi connectivity index (χ4v) is 3.06. The number of nitrogens with zero attached hydrogens (tertiary/aromatic N) is 2. The van der Waals surface area contributed by atoms with Crippen LogP contribution in [0, 0.1) is 0 Å². The molecule has 2 aromatic rings. The Labute approximate surface area is 131 Å². The van der Waals surface area contributed by atoms with Crippen LogP contribution in [0.5, 0.6) is 0 Å². The number of aliphatic hydroxyl groups excluding tert-OH is 1. The third kappa shape index (κ3) is 3.13. The molecule has 0 aromatic heterocycles. The van der Waals surface area contributed by atoms with Gasteiger partial charge in [0.05, 0.1) is 0 Å². The molecule has 1 heterocycles. The molecule has 1 unspecified atom stereocenters. The van der Waals surface area contributed by atoms with Gasteiger partial charge in [-0.2, -0.15) is 0 Å². The summed E-state index contributed by atoms with van der Waals surface area (Å²) in [6.45, 7) is 5.51. The van der Waals surface area contributed by atoms with Crippen molar-refractivity contribution in [1.82, 2.24) is 9.80 Å². The quantitative estimate of drug-likeness (QED) is 0.941. The van der Waals surface area contributed by atoms with Gasteiger partial charge in [0.1, 0.15) is 6.10 Å². The number of fused-ring (bicyclic) bond motifs is 1. The maximum atomic E-state index is 11.8. The predicted molar refractivity (Wildman–Crippen MR) is 87.5 cm³/mol. The molecule has 1 aliphatic rings. The Hall–Kier alpha value is -1.91. The van der Waals surface area contributed by atoms with Crippen molar-refractivity contribution in [1.29, 1.82) is 0 Å². The van der Waals surface area contributed by atoms with Crippen molar-refractivity contribution in [3.05, 3.63) is 48.0 Å². The number of hydrogen-bond donors (Lipinski definition) is 1. The van der Waals surface area contributed by atoms with Gasteiger partial charge in [-0.3, -0.25) is 9.69 Å². The van der Waals surface area contributed by atoms with Crippen molar-refractivity contribution in [2.45, 2.75) is 19.6 Å². The van der Waals surface area contributed by atoms with Gasteiger partial charge < -0.3 is 10.0 Å². The fraction of sp³-hybridized carbons (Fsp3) is 0.389. The monoisotopic (exact) mass is 298 g/mol. The zero-order chi connectivity index (χ0) is 15.5. The lowest BCUT2D eigenvalue weighted by Gasteiger charge is -2.35. The van der Waals surface area contributed by atoms with E-state index in [9.17, 15) is 9.90 Å². The van der Waals surface area contributed by atoms with E-state index < -0.39 is 6.10 Å². The molecule has 4 heteroatoms. The van der Waals surface area contributed by atoms with Crippen LogP contribution in [-0.2, 0) is 11.3 Å². The summed E-state index contributed by atoms with van der Waals surface area (Å²) < 4.78 is 0. The largest absolute Gasteiger partial charge is 0.384 e. The molecule has 116 valence electrons. The van der Waals surface area contributed by atoms with Crippen molar-refractivity contribution < 1.29 is 9.90 Å². The van der Waals surface area contributed by atoms with Crippen LogP contribution >= 0.6 is 0 Å². The van der Waals surface area contributed by atoms with Gasteiger partial charge in [0.25, 0.3) is 5.91 Å². The normalized spacial score (nSPS) is 17.6. The van der Waals surface area contributed by atoms with Gasteiger partial charge in [0.15, 0.2) is 0 Å². The van der Waals surface area contributed by atoms with Gasteiger partial charge in [-0.25, -0.2) is 0 Å². The van der Waals surface area contributed by atoms with Gasteiger partial charge in [-0.05, 0) is 23.3 Å². The van der Waals surface area contributed by atoms with Crippen molar-refractivity contribution in [3.8, 4) is 0 Å². The van der Waals surface area contributed by atoms with E-state index in [2.05, 4.69) is 47.4 Å². The first-order valence-corrected chi connectivity index (χ1v) is 7.81. The molecule has 22 heavy (non-hydrogen) atoms. The first-order valence-electron chi connectivity index (χ1n) is 7.81. The highest BCUT2D eigenvalue weighted by molar-refractivity contribution is 5.85. The molecule has 1 atom stereocenters. The number of rotatable bonds is 3. The van der Waals surface area contributed by atoms with Crippen molar-refractivity contribution in [2.75, 3.05) is 26.2 Å². The zero-order valence-corrected chi connectivity index (χ0v) is 12.9. The second-order valence-electron chi connectivity index (χ2n) is 5.92.